The molecule has 0 saturated carbocycles. The van der Waals surface area contributed by atoms with Crippen LogP contribution < -0.4 is 4.74 Å². The van der Waals surface area contributed by atoms with Crippen molar-refractivity contribution in [3.05, 3.63) is 36.0 Å². The average Bonchev–Trinajstić information content (AvgIpc) is 3.19. The molecule has 1 saturated heterocycles. The first-order chi connectivity index (χ1) is 14.1. The number of likely N-dealkylation sites (tertiary alicyclic amines) is 1. The lowest BCUT2D eigenvalue weighted by molar-refractivity contribution is -0.131. The van der Waals surface area contributed by atoms with E-state index in [1.807, 2.05) is 31.0 Å². The number of carbonyl (C=O) groups excluding carboxylic acids is 1. The largest absolute Gasteiger partial charge is 0.487 e. The predicted octanol–water partition coefficient (Wildman–Crippen LogP) is 4.29. The van der Waals surface area contributed by atoms with Crippen molar-refractivity contribution >= 4 is 16.8 Å². The Morgan fingerprint density at radius 3 is 2.86 bits per heavy atom. The third-order valence-corrected chi connectivity index (χ3v) is 5.83. The Morgan fingerprint density at radius 2 is 2.10 bits per heavy atom. The van der Waals surface area contributed by atoms with E-state index >= 15 is 0 Å². The molecule has 2 heterocycles. The van der Waals surface area contributed by atoms with E-state index in [1.165, 1.54) is 18.4 Å². The molecule has 1 amide bonds. The lowest BCUT2D eigenvalue weighted by Crippen LogP contribution is -2.34. The minimum absolute atomic E-state index is 0.158. The van der Waals surface area contributed by atoms with Crippen LogP contribution in [0.25, 0.3) is 10.9 Å². The van der Waals surface area contributed by atoms with Gasteiger partial charge in [0, 0.05) is 50.7 Å². The fourth-order valence-electron chi connectivity index (χ4n) is 4.10. The van der Waals surface area contributed by atoms with Gasteiger partial charge in [0.05, 0.1) is 0 Å². The Hall–Kier alpha value is -2.14. The highest BCUT2D eigenvalue weighted by atomic mass is 16.5. The highest BCUT2D eigenvalue weighted by Crippen LogP contribution is 2.29. The Labute approximate surface area is 175 Å². The third-order valence-electron chi connectivity index (χ3n) is 5.83. The minimum Gasteiger partial charge on any atom is -0.487 e. The van der Waals surface area contributed by atoms with Crippen molar-refractivity contribution in [2.75, 3.05) is 32.7 Å². The summed E-state index contributed by atoms with van der Waals surface area (Å²) in [6, 6.07) is 8.52. The van der Waals surface area contributed by atoms with Crippen LogP contribution in [-0.2, 0) is 11.2 Å². The van der Waals surface area contributed by atoms with Gasteiger partial charge in [0.1, 0.15) is 17.4 Å². The third kappa shape index (κ3) is 5.69. The zero-order valence-corrected chi connectivity index (χ0v) is 18.2. The van der Waals surface area contributed by atoms with Crippen LogP contribution in [-0.4, -0.2) is 59.5 Å². The molecule has 158 valence electrons. The first-order valence-electron chi connectivity index (χ1n) is 11.2. The van der Waals surface area contributed by atoms with Gasteiger partial charge >= 0.3 is 0 Å². The van der Waals surface area contributed by atoms with Crippen LogP contribution in [0.1, 0.15) is 52.0 Å². The van der Waals surface area contributed by atoms with Crippen molar-refractivity contribution in [1.82, 2.24) is 14.8 Å². The normalized spacial score (nSPS) is 17.0. The number of carbonyl (C=O) groups is 1. The molecule has 0 bridgehead atoms. The number of fused-ring (bicyclic) bond motifs is 1. The number of hydrogen-bond donors (Lipinski definition) is 0. The maximum atomic E-state index is 12.3. The van der Waals surface area contributed by atoms with Crippen LogP contribution in [0.2, 0.25) is 0 Å². The van der Waals surface area contributed by atoms with Gasteiger partial charge in [-0.05, 0) is 56.9 Å². The van der Waals surface area contributed by atoms with Gasteiger partial charge in [0.15, 0.2) is 0 Å². The number of aromatic nitrogens is 1. The van der Waals surface area contributed by atoms with E-state index in [4.69, 9.17) is 4.74 Å². The molecule has 29 heavy (non-hydrogen) atoms. The molecule has 1 fully saturated rings. The summed E-state index contributed by atoms with van der Waals surface area (Å²) in [5.74, 6) is 1.15. The van der Waals surface area contributed by atoms with Gasteiger partial charge in [0.2, 0.25) is 5.91 Å². The van der Waals surface area contributed by atoms with Gasteiger partial charge < -0.3 is 9.64 Å². The summed E-state index contributed by atoms with van der Waals surface area (Å²) in [6.07, 6.45) is 7.01. The fourth-order valence-corrected chi connectivity index (χ4v) is 4.10. The van der Waals surface area contributed by atoms with E-state index in [2.05, 4.69) is 35.0 Å². The molecule has 0 spiro atoms. The monoisotopic (exact) mass is 397 g/mol. The molecular formula is C24H35N3O2. The Kier molecular flexibility index (Phi) is 7.87. The molecule has 1 aliphatic heterocycles. The second-order valence-corrected chi connectivity index (χ2v) is 7.92. The van der Waals surface area contributed by atoms with E-state index in [9.17, 15) is 4.79 Å². The Balaban J connectivity index is 1.62. The number of nitrogens with zero attached hydrogens (tertiary/aromatic N) is 3. The molecule has 5 heteroatoms. The maximum Gasteiger partial charge on any atom is 0.223 e. The van der Waals surface area contributed by atoms with Gasteiger partial charge in [-0.1, -0.05) is 19.4 Å². The van der Waals surface area contributed by atoms with Crippen molar-refractivity contribution < 1.29 is 9.53 Å². The average molecular weight is 398 g/mol. The molecule has 2 aromatic rings. The molecule has 1 aliphatic rings. The van der Waals surface area contributed by atoms with Crippen molar-refractivity contribution in [1.29, 1.82) is 0 Å². The topological polar surface area (TPSA) is 45.7 Å². The van der Waals surface area contributed by atoms with E-state index in [-0.39, 0.29) is 12.0 Å². The van der Waals surface area contributed by atoms with Crippen LogP contribution >= 0.6 is 0 Å². The van der Waals surface area contributed by atoms with Gasteiger partial charge in [0.25, 0.3) is 0 Å². The second kappa shape index (κ2) is 10.6. The van der Waals surface area contributed by atoms with Crippen molar-refractivity contribution in [3.63, 3.8) is 0 Å². The van der Waals surface area contributed by atoms with E-state index in [0.717, 1.165) is 62.2 Å². The summed E-state index contributed by atoms with van der Waals surface area (Å²) in [7, 11) is 0. The molecular weight excluding hydrogens is 362 g/mol. The predicted molar refractivity (Wildman–Crippen MR) is 118 cm³/mol. The minimum atomic E-state index is 0.158. The molecule has 0 radical (unpaired) electrons. The van der Waals surface area contributed by atoms with E-state index < -0.39 is 0 Å². The molecule has 3 rings (SSSR count). The zero-order valence-electron chi connectivity index (χ0n) is 18.2. The van der Waals surface area contributed by atoms with Crippen molar-refractivity contribution in [2.24, 2.45) is 0 Å². The number of benzene rings is 1. The molecule has 1 atom stereocenters. The molecule has 0 aliphatic carbocycles. The van der Waals surface area contributed by atoms with Gasteiger partial charge in [-0.3, -0.25) is 14.7 Å². The number of hydrogen-bond acceptors (Lipinski definition) is 4. The van der Waals surface area contributed by atoms with Crippen LogP contribution in [0.3, 0.4) is 0 Å². The number of ether oxygens (including phenoxy) is 1. The smallest absolute Gasteiger partial charge is 0.223 e. The number of unbranched alkanes of at least 4 members (excludes halogenated alkanes) is 1. The fraction of sp³-hybridized carbons (Fsp3) is 0.583. The molecule has 0 unspecified atom stereocenters. The van der Waals surface area contributed by atoms with Gasteiger partial charge in [-0.15, -0.1) is 0 Å². The SMILES string of the molecule is CCCCc1cc(O[C@@H]2CCN(CCC(=O)N(CC)CC)C2)c2ncccc2c1. The number of amides is 1. The van der Waals surface area contributed by atoms with Gasteiger partial charge in [-0.2, -0.15) is 0 Å². The van der Waals surface area contributed by atoms with Crippen LogP contribution in [0.5, 0.6) is 5.75 Å². The summed E-state index contributed by atoms with van der Waals surface area (Å²) in [4.78, 5) is 21.1. The summed E-state index contributed by atoms with van der Waals surface area (Å²) in [6.45, 7) is 10.5. The summed E-state index contributed by atoms with van der Waals surface area (Å²) in [5, 5.41) is 1.15. The first-order valence-corrected chi connectivity index (χ1v) is 11.2. The Morgan fingerprint density at radius 1 is 1.28 bits per heavy atom. The standard InChI is InChI=1S/C24H35N3O2/c1-4-7-9-19-16-20-10-8-13-25-24(20)22(17-19)29-21-11-14-26(18-21)15-12-23(28)27(5-2)6-3/h8,10,13,16-17,21H,4-7,9,11-12,14-15,18H2,1-3H3/t21-/m1/s1. The quantitative estimate of drug-likeness (QED) is 0.600. The maximum absolute atomic E-state index is 12.3. The highest BCUT2D eigenvalue weighted by Gasteiger charge is 2.25. The van der Waals surface area contributed by atoms with Gasteiger partial charge in [-0.25, -0.2) is 0 Å². The summed E-state index contributed by atoms with van der Waals surface area (Å²) < 4.78 is 6.44. The van der Waals surface area contributed by atoms with Crippen LogP contribution in [0, 0.1) is 0 Å². The number of aryl methyl sites for hydroxylation is 1. The van der Waals surface area contributed by atoms with Crippen LogP contribution in [0.4, 0.5) is 0 Å². The second-order valence-electron chi connectivity index (χ2n) is 7.92. The lowest BCUT2D eigenvalue weighted by Gasteiger charge is -2.21. The summed E-state index contributed by atoms with van der Waals surface area (Å²) >= 11 is 0. The van der Waals surface area contributed by atoms with Crippen LogP contribution in [0.15, 0.2) is 30.5 Å². The molecule has 0 N–H and O–H groups in total. The molecule has 1 aromatic heterocycles. The Bertz CT molecular complexity index is 804. The highest BCUT2D eigenvalue weighted by molar-refractivity contribution is 5.85. The molecule has 1 aromatic carbocycles. The lowest BCUT2D eigenvalue weighted by atomic mass is 10.0. The van der Waals surface area contributed by atoms with E-state index in [0.29, 0.717) is 6.42 Å². The zero-order chi connectivity index (χ0) is 20.6. The summed E-state index contributed by atoms with van der Waals surface area (Å²) in [5.41, 5.74) is 2.27. The van der Waals surface area contributed by atoms with Crippen molar-refractivity contribution in [2.45, 2.75) is 59.0 Å². The van der Waals surface area contributed by atoms with Crippen molar-refractivity contribution in [3.8, 4) is 5.75 Å². The first kappa shape index (κ1) is 21.6. The van der Waals surface area contributed by atoms with E-state index in [1.54, 1.807) is 0 Å². The molecule has 5 nitrogen and oxygen atoms in total. The number of pyridine rings is 1. The number of rotatable bonds is 10.